The molecule has 24 heavy (non-hydrogen) atoms. The highest BCUT2D eigenvalue weighted by molar-refractivity contribution is 14.0. The summed E-state index contributed by atoms with van der Waals surface area (Å²) in [7, 11) is 0. The highest BCUT2D eigenvalue weighted by Crippen LogP contribution is 2.19. The lowest BCUT2D eigenvalue weighted by Gasteiger charge is -2.20. The number of nitrogens with zero attached hydrogens (tertiary/aromatic N) is 2. The Balaban J connectivity index is 0.00000288. The Morgan fingerprint density at radius 3 is 2.79 bits per heavy atom. The largest absolute Gasteiger partial charge is 0.382 e. The highest BCUT2D eigenvalue weighted by atomic mass is 127. The highest BCUT2D eigenvalue weighted by Gasteiger charge is 2.23. The number of benzene rings is 1. The fraction of sp³-hybridized carbons (Fsp3) is 0.611. The van der Waals surface area contributed by atoms with Crippen LogP contribution in [0.3, 0.4) is 0 Å². The number of aliphatic imine (C=N–C) groups is 1. The fourth-order valence-corrected chi connectivity index (χ4v) is 2.77. The zero-order chi connectivity index (χ0) is 16.3. The molecular formula is C18H31IN4O. The number of anilines is 1. The van der Waals surface area contributed by atoms with Gasteiger partial charge in [0.25, 0.3) is 0 Å². The second kappa shape index (κ2) is 12.4. The van der Waals surface area contributed by atoms with Crippen molar-refractivity contribution >= 4 is 35.6 Å². The van der Waals surface area contributed by atoms with Crippen molar-refractivity contribution in [3.8, 4) is 0 Å². The molecule has 1 saturated heterocycles. The maximum atomic E-state index is 5.36. The van der Waals surface area contributed by atoms with Crippen LogP contribution in [0.15, 0.2) is 35.3 Å². The quantitative estimate of drug-likeness (QED) is 0.279. The number of ether oxygens (including phenoxy) is 1. The molecule has 2 rings (SSSR count). The fourth-order valence-electron chi connectivity index (χ4n) is 2.77. The van der Waals surface area contributed by atoms with E-state index in [4.69, 9.17) is 4.74 Å². The summed E-state index contributed by atoms with van der Waals surface area (Å²) in [6.45, 7) is 9.47. The van der Waals surface area contributed by atoms with Crippen LogP contribution in [-0.2, 0) is 4.74 Å². The molecule has 0 spiro atoms. The number of halogens is 1. The molecule has 1 fully saturated rings. The molecule has 0 radical (unpaired) electrons. The molecule has 136 valence electrons. The zero-order valence-corrected chi connectivity index (χ0v) is 17.2. The van der Waals surface area contributed by atoms with Gasteiger partial charge in [0.05, 0.1) is 0 Å². The van der Waals surface area contributed by atoms with Crippen LogP contribution in [0, 0.1) is 0 Å². The molecule has 1 aromatic rings. The van der Waals surface area contributed by atoms with Crippen LogP contribution >= 0.6 is 24.0 Å². The van der Waals surface area contributed by atoms with Crippen LogP contribution in [0.1, 0.15) is 26.7 Å². The molecule has 5 nitrogen and oxygen atoms in total. The van der Waals surface area contributed by atoms with Gasteiger partial charge < -0.3 is 20.3 Å². The average Bonchev–Trinajstić information content (AvgIpc) is 3.04. The third-order valence-electron chi connectivity index (χ3n) is 3.92. The molecule has 0 bridgehead atoms. The molecule has 1 heterocycles. The first-order valence-electron chi connectivity index (χ1n) is 8.76. The van der Waals surface area contributed by atoms with E-state index in [2.05, 4.69) is 57.8 Å². The lowest BCUT2D eigenvalue weighted by Crippen LogP contribution is -2.44. The standard InChI is InChI=1S/C18H30N4O.HI/c1-3-19-18(20-12-8-14-23-4-2)21-16-11-13-22(15-16)17-9-6-5-7-10-17;/h5-7,9-10,16H,3-4,8,11-15H2,1-2H3,(H2,19,20,21);1H. The molecule has 0 saturated carbocycles. The molecule has 0 amide bonds. The summed E-state index contributed by atoms with van der Waals surface area (Å²) in [6, 6.07) is 11.1. The predicted molar refractivity (Wildman–Crippen MR) is 113 cm³/mol. The van der Waals surface area contributed by atoms with E-state index in [1.165, 1.54) is 5.69 Å². The van der Waals surface area contributed by atoms with Crippen molar-refractivity contribution in [3.05, 3.63) is 30.3 Å². The van der Waals surface area contributed by atoms with Crippen LogP contribution < -0.4 is 15.5 Å². The Labute approximate surface area is 163 Å². The predicted octanol–water partition coefficient (Wildman–Crippen LogP) is 2.87. The normalized spacial score (nSPS) is 17.5. The van der Waals surface area contributed by atoms with E-state index in [0.717, 1.165) is 58.2 Å². The van der Waals surface area contributed by atoms with E-state index in [-0.39, 0.29) is 24.0 Å². The number of rotatable bonds is 8. The lowest BCUT2D eigenvalue weighted by atomic mass is 10.3. The summed E-state index contributed by atoms with van der Waals surface area (Å²) in [5, 5.41) is 6.90. The number of para-hydroxylation sites is 1. The van der Waals surface area contributed by atoms with Crippen LogP contribution in [-0.4, -0.2) is 51.4 Å². The van der Waals surface area contributed by atoms with Gasteiger partial charge in [0.2, 0.25) is 0 Å². The molecule has 0 aliphatic carbocycles. The van der Waals surface area contributed by atoms with Gasteiger partial charge in [-0.3, -0.25) is 4.99 Å². The van der Waals surface area contributed by atoms with Gasteiger partial charge in [0.1, 0.15) is 0 Å². The number of guanidine groups is 1. The van der Waals surface area contributed by atoms with Crippen LogP contribution in [0.5, 0.6) is 0 Å². The van der Waals surface area contributed by atoms with Gasteiger partial charge in [-0.2, -0.15) is 0 Å². The van der Waals surface area contributed by atoms with E-state index in [1.54, 1.807) is 0 Å². The van der Waals surface area contributed by atoms with Crippen molar-refractivity contribution in [1.29, 1.82) is 0 Å². The van der Waals surface area contributed by atoms with Gasteiger partial charge in [-0.15, -0.1) is 24.0 Å². The lowest BCUT2D eigenvalue weighted by molar-refractivity contribution is 0.146. The first kappa shape index (κ1) is 21.0. The molecule has 0 aromatic heterocycles. The molecule has 6 heteroatoms. The maximum Gasteiger partial charge on any atom is 0.191 e. The topological polar surface area (TPSA) is 48.9 Å². The summed E-state index contributed by atoms with van der Waals surface area (Å²) in [4.78, 5) is 7.07. The summed E-state index contributed by atoms with van der Waals surface area (Å²) in [6.07, 6.45) is 2.10. The summed E-state index contributed by atoms with van der Waals surface area (Å²) in [5.74, 6) is 0.920. The Morgan fingerprint density at radius 1 is 1.29 bits per heavy atom. The number of hydrogen-bond donors (Lipinski definition) is 2. The van der Waals surface area contributed by atoms with Gasteiger partial charge in [-0.1, -0.05) is 18.2 Å². The zero-order valence-electron chi connectivity index (χ0n) is 14.8. The Hall–Kier alpha value is -1.02. The molecule has 1 aromatic carbocycles. The minimum Gasteiger partial charge on any atom is -0.382 e. The Kier molecular flexibility index (Phi) is 10.8. The van der Waals surface area contributed by atoms with Gasteiger partial charge in [0.15, 0.2) is 5.96 Å². The number of nitrogens with one attached hydrogen (secondary N) is 2. The molecular weight excluding hydrogens is 415 g/mol. The molecule has 1 aliphatic heterocycles. The Morgan fingerprint density at radius 2 is 2.08 bits per heavy atom. The van der Waals surface area contributed by atoms with E-state index in [9.17, 15) is 0 Å². The molecule has 1 atom stereocenters. The third kappa shape index (κ3) is 7.25. The van der Waals surface area contributed by atoms with E-state index in [1.807, 2.05) is 6.92 Å². The SMILES string of the molecule is CCNC(=NCCCOCC)NC1CCN(c2ccccc2)C1.I. The molecule has 1 aliphatic rings. The van der Waals surface area contributed by atoms with E-state index < -0.39 is 0 Å². The van der Waals surface area contributed by atoms with Gasteiger partial charge >= 0.3 is 0 Å². The van der Waals surface area contributed by atoms with Crippen molar-refractivity contribution in [1.82, 2.24) is 10.6 Å². The Bertz CT molecular complexity index is 469. The third-order valence-corrected chi connectivity index (χ3v) is 3.92. The maximum absolute atomic E-state index is 5.36. The molecule has 2 N–H and O–H groups in total. The summed E-state index contributed by atoms with van der Waals surface area (Å²) >= 11 is 0. The number of hydrogen-bond acceptors (Lipinski definition) is 3. The monoisotopic (exact) mass is 446 g/mol. The van der Waals surface area contributed by atoms with Gasteiger partial charge in [0, 0.05) is 51.1 Å². The second-order valence-electron chi connectivity index (χ2n) is 5.72. The average molecular weight is 446 g/mol. The van der Waals surface area contributed by atoms with Crippen molar-refractivity contribution in [3.63, 3.8) is 0 Å². The van der Waals surface area contributed by atoms with Crippen molar-refractivity contribution < 1.29 is 4.74 Å². The smallest absolute Gasteiger partial charge is 0.191 e. The first-order valence-corrected chi connectivity index (χ1v) is 8.76. The van der Waals surface area contributed by atoms with Crippen LogP contribution in [0.4, 0.5) is 5.69 Å². The minimum atomic E-state index is 0. The van der Waals surface area contributed by atoms with Gasteiger partial charge in [-0.05, 0) is 38.8 Å². The molecule has 1 unspecified atom stereocenters. The first-order chi connectivity index (χ1) is 11.3. The van der Waals surface area contributed by atoms with Crippen molar-refractivity contribution in [2.24, 2.45) is 4.99 Å². The van der Waals surface area contributed by atoms with Crippen molar-refractivity contribution in [2.45, 2.75) is 32.7 Å². The summed E-state index contributed by atoms with van der Waals surface area (Å²) in [5.41, 5.74) is 1.30. The van der Waals surface area contributed by atoms with Crippen LogP contribution in [0.25, 0.3) is 0 Å². The summed E-state index contributed by atoms with van der Waals surface area (Å²) < 4.78 is 5.36. The van der Waals surface area contributed by atoms with E-state index in [0.29, 0.717) is 6.04 Å². The van der Waals surface area contributed by atoms with E-state index >= 15 is 0 Å². The van der Waals surface area contributed by atoms with Crippen LogP contribution in [0.2, 0.25) is 0 Å². The minimum absolute atomic E-state index is 0. The van der Waals surface area contributed by atoms with Crippen molar-refractivity contribution in [2.75, 3.05) is 44.3 Å². The second-order valence-corrected chi connectivity index (χ2v) is 5.72. The van der Waals surface area contributed by atoms with Gasteiger partial charge in [-0.25, -0.2) is 0 Å².